The molecule has 2 heterocycles. The lowest BCUT2D eigenvalue weighted by atomic mass is 10.2. The molecule has 9 nitrogen and oxygen atoms in total. The van der Waals surface area contributed by atoms with Gasteiger partial charge in [-0.25, -0.2) is 0 Å². The molecular formula is C12H27B2N3O6. The van der Waals surface area contributed by atoms with Gasteiger partial charge in [0.1, 0.15) is 0 Å². The highest BCUT2D eigenvalue weighted by Crippen LogP contribution is 1.95. The molecule has 0 aliphatic carbocycles. The third-order valence-corrected chi connectivity index (χ3v) is 3.20. The molecule has 0 aromatic carbocycles. The first-order valence-corrected chi connectivity index (χ1v) is 8.27. The summed E-state index contributed by atoms with van der Waals surface area (Å²) in [5.74, 6) is 0. The molecule has 0 unspecified atom stereocenters. The lowest BCUT2D eigenvalue weighted by Crippen LogP contribution is -2.39. The van der Waals surface area contributed by atoms with Gasteiger partial charge in [-0.15, -0.1) is 0 Å². The Morgan fingerprint density at radius 2 is 1.09 bits per heavy atom. The Labute approximate surface area is 138 Å². The van der Waals surface area contributed by atoms with Crippen molar-refractivity contribution in [3.8, 4) is 0 Å². The number of hydrogen-bond acceptors (Lipinski definition) is 9. The Kier molecular flexibility index (Phi) is 10.9. The maximum absolute atomic E-state index is 5.51. The molecule has 2 rings (SSSR count). The Hall–Kier alpha value is -0.230. The average molecular weight is 331 g/mol. The first-order chi connectivity index (χ1) is 11.4. The van der Waals surface area contributed by atoms with E-state index in [4.69, 9.17) is 27.9 Å². The minimum Gasteiger partial charge on any atom is -0.385 e. The summed E-state index contributed by atoms with van der Waals surface area (Å²) in [6.45, 7) is 8.04. The predicted octanol–water partition coefficient (Wildman–Crippen LogP) is -2.15. The minimum absolute atomic E-state index is 0.514. The summed E-state index contributed by atoms with van der Waals surface area (Å²) in [5, 5.41) is 9.58. The topological polar surface area (TPSA) is 91.5 Å². The second kappa shape index (κ2) is 13.1. The molecule has 0 aromatic heterocycles. The Bertz CT molecular complexity index is 254. The van der Waals surface area contributed by atoms with Crippen LogP contribution in [0.15, 0.2) is 0 Å². The fourth-order valence-electron chi connectivity index (χ4n) is 2.03. The van der Waals surface area contributed by atoms with E-state index in [9.17, 15) is 0 Å². The molecule has 0 radical (unpaired) electrons. The second-order valence-corrected chi connectivity index (χ2v) is 5.05. The lowest BCUT2D eigenvalue weighted by molar-refractivity contribution is 0.0803. The third-order valence-electron chi connectivity index (χ3n) is 3.20. The summed E-state index contributed by atoms with van der Waals surface area (Å²) in [6.07, 6.45) is 0. The first kappa shape index (κ1) is 19.1. The van der Waals surface area contributed by atoms with Crippen LogP contribution in [0.1, 0.15) is 0 Å². The number of rotatable bonds is 8. The van der Waals surface area contributed by atoms with Crippen molar-refractivity contribution in [2.75, 3.05) is 78.9 Å². The van der Waals surface area contributed by atoms with E-state index in [1.807, 2.05) is 0 Å². The van der Waals surface area contributed by atoms with E-state index < -0.39 is 14.6 Å². The van der Waals surface area contributed by atoms with Crippen molar-refractivity contribution in [3.63, 3.8) is 0 Å². The zero-order chi connectivity index (χ0) is 16.0. The zero-order valence-corrected chi connectivity index (χ0v) is 13.6. The quantitative estimate of drug-likeness (QED) is 0.340. The summed E-state index contributed by atoms with van der Waals surface area (Å²) in [4.78, 5) is 0. The highest BCUT2D eigenvalue weighted by atomic mass is 16.7. The monoisotopic (exact) mass is 331 g/mol. The van der Waals surface area contributed by atoms with Gasteiger partial charge in [0, 0.05) is 78.9 Å². The van der Waals surface area contributed by atoms with Gasteiger partial charge < -0.3 is 43.9 Å². The molecule has 0 amide bonds. The number of hydrogen-bond donors (Lipinski definition) is 3. The Morgan fingerprint density at radius 1 is 0.696 bits per heavy atom. The van der Waals surface area contributed by atoms with E-state index >= 15 is 0 Å². The molecule has 0 aromatic rings. The standard InChI is InChI=1S/C12H27B2N3O6/c1-7-18-13(19-8-2-15-1)22-11-5-17-6-12-23-14-20-9-3-16-4-10-21-14/h15-17H,1-12H2. The normalized spacial score (nSPS) is 21.4. The van der Waals surface area contributed by atoms with Gasteiger partial charge in [-0.3, -0.25) is 0 Å². The predicted molar refractivity (Wildman–Crippen MR) is 85.8 cm³/mol. The molecule has 0 bridgehead atoms. The van der Waals surface area contributed by atoms with Crippen LogP contribution < -0.4 is 16.0 Å². The summed E-state index contributed by atoms with van der Waals surface area (Å²) in [6, 6.07) is 0. The average Bonchev–Trinajstić information content (AvgIpc) is 2.49. The maximum atomic E-state index is 5.51. The molecule has 2 aliphatic rings. The van der Waals surface area contributed by atoms with Crippen molar-refractivity contribution in [2.24, 2.45) is 0 Å². The first-order valence-electron chi connectivity index (χ1n) is 8.27. The molecule has 0 saturated carbocycles. The maximum Gasteiger partial charge on any atom is 0.639 e. The molecule has 2 aliphatic heterocycles. The highest BCUT2D eigenvalue weighted by Gasteiger charge is 2.23. The van der Waals surface area contributed by atoms with Gasteiger partial charge in [-0.2, -0.15) is 0 Å². The SMILES string of the molecule is C1COB(OCCNCCOB2OCCNCCO2)OCCN1. The van der Waals surface area contributed by atoms with Crippen LogP contribution in [0.2, 0.25) is 0 Å². The van der Waals surface area contributed by atoms with E-state index in [0.717, 1.165) is 26.2 Å². The Balaban J connectivity index is 1.41. The van der Waals surface area contributed by atoms with Crippen LogP contribution in [-0.2, 0) is 27.9 Å². The molecule has 0 spiro atoms. The molecule has 23 heavy (non-hydrogen) atoms. The summed E-state index contributed by atoms with van der Waals surface area (Å²) >= 11 is 0. The largest absolute Gasteiger partial charge is 0.639 e. The fraction of sp³-hybridized carbons (Fsp3) is 1.00. The van der Waals surface area contributed by atoms with E-state index in [1.54, 1.807) is 0 Å². The van der Waals surface area contributed by atoms with Crippen LogP contribution in [0.5, 0.6) is 0 Å². The molecule has 3 N–H and O–H groups in total. The van der Waals surface area contributed by atoms with Gasteiger partial charge in [0.2, 0.25) is 0 Å². The molecule has 2 saturated heterocycles. The van der Waals surface area contributed by atoms with Crippen LogP contribution >= 0.6 is 0 Å². The van der Waals surface area contributed by atoms with Crippen molar-refractivity contribution in [2.45, 2.75) is 0 Å². The van der Waals surface area contributed by atoms with E-state index in [2.05, 4.69) is 16.0 Å². The zero-order valence-electron chi connectivity index (χ0n) is 13.6. The number of nitrogens with one attached hydrogen (secondary N) is 3. The van der Waals surface area contributed by atoms with Gasteiger partial charge in [0.15, 0.2) is 0 Å². The van der Waals surface area contributed by atoms with Crippen LogP contribution in [0.3, 0.4) is 0 Å². The van der Waals surface area contributed by atoms with Gasteiger partial charge in [-0.05, 0) is 0 Å². The van der Waals surface area contributed by atoms with Crippen molar-refractivity contribution in [3.05, 3.63) is 0 Å². The van der Waals surface area contributed by atoms with E-state index in [1.165, 1.54) is 0 Å². The van der Waals surface area contributed by atoms with Crippen molar-refractivity contribution < 1.29 is 27.9 Å². The molecule has 11 heteroatoms. The molecule has 132 valence electrons. The van der Waals surface area contributed by atoms with Gasteiger partial charge in [-0.1, -0.05) is 0 Å². The van der Waals surface area contributed by atoms with Crippen molar-refractivity contribution >= 4 is 14.6 Å². The Morgan fingerprint density at radius 3 is 1.48 bits per heavy atom. The van der Waals surface area contributed by atoms with Crippen molar-refractivity contribution in [1.29, 1.82) is 0 Å². The summed E-state index contributed by atoms with van der Waals surface area (Å²) in [7, 11) is -1.14. The van der Waals surface area contributed by atoms with Crippen LogP contribution in [-0.4, -0.2) is 93.6 Å². The van der Waals surface area contributed by atoms with Gasteiger partial charge in [0.05, 0.1) is 0 Å². The highest BCUT2D eigenvalue weighted by molar-refractivity contribution is 6.36. The smallest absolute Gasteiger partial charge is 0.385 e. The van der Waals surface area contributed by atoms with E-state index in [0.29, 0.717) is 52.7 Å². The van der Waals surface area contributed by atoms with Crippen LogP contribution in [0, 0.1) is 0 Å². The van der Waals surface area contributed by atoms with Crippen LogP contribution in [0.25, 0.3) is 0 Å². The molecule has 2 fully saturated rings. The van der Waals surface area contributed by atoms with Gasteiger partial charge >= 0.3 is 14.6 Å². The van der Waals surface area contributed by atoms with Gasteiger partial charge in [0.25, 0.3) is 0 Å². The minimum atomic E-state index is -0.569. The van der Waals surface area contributed by atoms with Crippen molar-refractivity contribution in [1.82, 2.24) is 16.0 Å². The summed E-state index contributed by atoms with van der Waals surface area (Å²) in [5.41, 5.74) is 0. The summed E-state index contributed by atoms with van der Waals surface area (Å²) < 4.78 is 32.7. The lowest BCUT2D eigenvalue weighted by Gasteiger charge is -2.18. The molecule has 0 atom stereocenters. The molecular weight excluding hydrogens is 304 g/mol. The second-order valence-electron chi connectivity index (χ2n) is 5.05. The van der Waals surface area contributed by atoms with E-state index in [-0.39, 0.29) is 0 Å². The van der Waals surface area contributed by atoms with Crippen LogP contribution in [0.4, 0.5) is 0 Å². The third kappa shape index (κ3) is 9.60. The fourth-order valence-corrected chi connectivity index (χ4v) is 2.03.